The molecule has 0 bridgehead atoms. The number of thiophene rings is 1. The minimum Gasteiger partial charge on any atom is -0.471 e. The van der Waals surface area contributed by atoms with Gasteiger partial charge in [0.25, 0.3) is 0 Å². The Morgan fingerprint density at radius 3 is 2.59 bits per heavy atom. The van der Waals surface area contributed by atoms with Crippen LogP contribution in [0.2, 0.25) is 0 Å². The van der Waals surface area contributed by atoms with Crippen molar-refractivity contribution in [3.63, 3.8) is 0 Å². The summed E-state index contributed by atoms with van der Waals surface area (Å²) in [4.78, 5) is 15.0. The van der Waals surface area contributed by atoms with E-state index >= 15 is 0 Å². The van der Waals surface area contributed by atoms with Crippen LogP contribution in [0, 0.1) is 5.92 Å². The molecule has 0 fully saturated rings. The molecule has 6 nitrogen and oxygen atoms in total. The van der Waals surface area contributed by atoms with E-state index in [1.165, 1.54) is 19.3 Å². The van der Waals surface area contributed by atoms with Crippen LogP contribution in [0.25, 0.3) is 21.9 Å². The number of ether oxygens (including phenoxy) is 1. The Morgan fingerprint density at radius 2 is 1.91 bits per heavy atom. The molecule has 0 aliphatic rings. The van der Waals surface area contributed by atoms with Crippen molar-refractivity contribution in [1.82, 2.24) is 19.5 Å². The number of imidazole rings is 1. The van der Waals surface area contributed by atoms with Crippen molar-refractivity contribution < 1.29 is 4.74 Å². The van der Waals surface area contributed by atoms with Crippen LogP contribution in [0.4, 0.5) is 5.95 Å². The molecule has 0 saturated carbocycles. The average Bonchev–Trinajstić information content (AvgIpc) is 3.39. The van der Waals surface area contributed by atoms with Crippen LogP contribution < -0.4 is 10.5 Å². The molecule has 1 atom stereocenters. The number of hydrogen-bond acceptors (Lipinski definition) is 6. The minimum absolute atomic E-state index is 0.197. The highest BCUT2D eigenvalue weighted by molar-refractivity contribution is 9.11. The molecule has 1 unspecified atom stereocenters. The molecule has 0 spiro atoms. The van der Waals surface area contributed by atoms with Gasteiger partial charge in [-0.25, -0.2) is 4.98 Å². The number of hydrogen-bond donors (Lipinski definition) is 1. The van der Waals surface area contributed by atoms with Crippen LogP contribution in [0.5, 0.6) is 5.88 Å². The number of aromatic nitrogens is 4. The largest absolute Gasteiger partial charge is 0.471 e. The van der Waals surface area contributed by atoms with E-state index in [9.17, 15) is 0 Å². The Labute approximate surface area is 201 Å². The summed E-state index contributed by atoms with van der Waals surface area (Å²) in [5.41, 5.74) is 8.55. The van der Waals surface area contributed by atoms with Crippen molar-refractivity contribution in [2.75, 3.05) is 5.73 Å². The van der Waals surface area contributed by atoms with Gasteiger partial charge in [0.15, 0.2) is 17.0 Å². The van der Waals surface area contributed by atoms with Crippen molar-refractivity contribution in [3.8, 4) is 16.6 Å². The van der Waals surface area contributed by atoms with Crippen molar-refractivity contribution in [2.45, 2.75) is 52.7 Å². The van der Waals surface area contributed by atoms with E-state index in [0.29, 0.717) is 23.9 Å². The Hall–Kier alpha value is -2.45. The topological polar surface area (TPSA) is 78.8 Å². The maximum atomic E-state index is 6.11. The molecule has 8 heteroatoms. The van der Waals surface area contributed by atoms with E-state index in [4.69, 9.17) is 15.5 Å². The van der Waals surface area contributed by atoms with E-state index in [2.05, 4.69) is 50.4 Å². The van der Waals surface area contributed by atoms with Crippen LogP contribution in [0.15, 0.2) is 46.3 Å². The van der Waals surface area contributed by atoms with Gasteiger partial charge < -0.3 is 15.0 Å². The number of nitrogens with zero attached hydrogens (tertiary/aromatic N) is 4. The molecule has 4 aromatic rings. The number of anilines is 1. The van der Waals surface area contributed by atoms with Crippen molar-refractivity contribution in [2.24, 2.45) is 5.92 Å². The van der Waals surface area contributed by atoms with Gasteiger partial charge in [-0.3, -0.25) is 0 Å². The normalized spacial score (nSPS) is 12.3. The van der Waals surface area contributed by atoms with Crippen LogP contribution in [0.1, 0.15) is 45.1 Å². The molecule has 168 valence electrons. The number of unbranched alkanes of at least 4 members (excludes halogenated alkanes) is 1. The summed E-state index contributed by atoms with van der Waals surface area (Å²) in [6.45, 7) is 5.72. The molecule has 0 radical (unpaired) electrons. The lowest BCUT2D eigenvalue weighted by atomic mass is 9.99. The molecule has 4 rings (SSSR count). The first-order valence-corrected chi connectivity index (χ1v) is 12.7. The van der Waals surface area contributed by atoms with Gasteiger partial charge in [-0.1, -0.05) is 63.4 Å². The molecule has 1 aromatic carbocycles. The molecule has 0 aliphatic heterocycles. The minimum atomic E-state index is 0.197. The molecule has 2 N–H and O–H groups in total. The monoisotopic (exact) mass is 513 g/mol. The highest BCUT2D eigenvalue weighted by Gasteiger charge is 2.22. The van der Waals surface area contributed by atoms with Crippen LogP contribution in [-0.2, 0) is 13.2 Å². The molecular weight excluding hydrogens is 486 g/mol. The number of fused-ring (bicyclic) bond motifs is 1. The zero-order valence-corrected chi connectivity index (χ0v) is 20.8. The number of halogens is 1. The Morgan fingerprint density at radius 1 is 1.09 bits per heavy atom. The number of rotatable bonds is 10. The maximum Gasteiger partial charge on any atom is 0.247 e. The van der Waals surface area contributed by atoms with E-state index in [1.54, 1.807) is 11.3 Å². The molecule has 3 aromatic heterocycles. The molecule has 0 amide bonds. The van der Waals surface area contributed by atoms with Crippen LogP contribution in [-0.4, -0.2) is 19.5 Å². The highest BCUT2D eigenvalue weighted by Crippen LogP contribution is 2.35. The molecule has 3 heterocycles. The smallest absolute Gasteiger partial charge is 0.247 e. The standard InChI is InChI=1S/C24H28BrN5OS/c1-3-5-9-16(4-2)14-30-21(18-12-13-19(25)32-18)27-20-22(30)28-24(26)29-23(20)31-15-17-10-7-6-8-11-17/h6-8,10-13,16H,3-5,9,14-15H2,1-2H3,(H2,26,28,29). The lowest BCUT2D eigenvalue weighted by Crippen LogP contribution is -2.12. The highest BCUT2D eigenvalue weighted by atomic mass is 79.9. The lowest BCUT2D eigenvalue weighted by molar-refractivity contribution is 0.297. The summed E-state index contributed by atoms with van der Waals surface area (Å²) in [6.07, 6.45) is 4.69. The van der Waals surface area contributed by atoms with Gasteiger partial charge in [-0.05, 0) is 46.0 Å². The Balaban J connectivity index is 1.77. The summed E-state index contributed by atoms with van der Waals surface area (Å²) in [6, 6.07) is 14.1. The van der Waals surface area contributed by atoms with E-state index < -0.39 is 0 Å². The Bertz CT molecular complexity index is 1170. The fourth-order valence-corrected chi connectivity index (χ4v) is 5.17. The van der Waals surface area contributed by atoms with Crippen LogP contribution >= 0.6 is 27.3 Å². The molecule has 32 heavy (non-hydrogen) atoms. The molecule has 0 aliphatic carbocycles. The van der Waals surface area contributed by atoms with Gasteiger partial charge in [0, 0.05) is 6.54 Å². The van der Waals surface area contributed by atoms with E-state index in [0.717, 1.165) is 38.7 Å². The lowest BCUT2D eigenvalue weighted by Gasteiger charge is -2.17. The summed E-state index contributed by atoms with van der Waals surface area (Å²) in [5.74, 6) is 2.05. The fourth-order valence-electron chi connectivity index (χ4n) is 3.79. The Kier molecular flexibility index (Phi) is 7.42. The van der Waals surface area contributed by atoms with Crippen molar-refractivity contribution in [3.05, 3.63) is 51.8 Å². The van der Waals surface area contributed by atoms with Gasteiger partial charge in [-0.15, -0.1) is 11.3 Å². The second kappa shape index (κ2) is 10.4. The van der Waals surface area contributed by atoms with Gasteiger partial charge in [-0.2, -0.15) is 9.97 Å². The third-order valence-electron chi connectivity index (χ3n) is 5.58. The predicted octanol–water partition coefficient (Wildman–Crippen LogP) is 6.69. The summed E-state index contributed by atoms with van der Waals surface area (Å²) < 4.78 is 9.34. The second-order valence-corrected chi connectivity index (χ2v) is 10.4. The second-order valence-electron chi connectivity index (χ2n) is 7.90. The van der Waals surface area contributed by atoms with Crippen molar-refractivity contribution >= 4 is 44.4 Å². The predicted molar refractivity (Wildman–Crippen MR) is 135 cm³/mol. The van der Waals surface area contributed by atoms with E-state index in [-0.39, 0.29) is 5.95 Å². The molecular formula is C24H28BrN5OS. The van der Waals surface area contributed by atoms with E-state index in [1.807, 2.05) is 36.4 Å². The molecule has 0 saturated heterocycles. The van der Waals surface area contributed by atoms with Crippen molar-refractivity contribution in [1.29, 1.82) is 0 Å². The summed E-state index contributed by atoms with van der Waals surface area (Å²) in [7, 11) is 0. The summed E-state index contributed by atoms with van der Waals surface area (Å²) >= 11 is 5.24. The van der Waals surface area contributed by atoms with Gasteiger partial charge in [0.05, 0.1) is 8.66 Å². The first-order valence-electron chi connectivity index (χ1n) is 11.0. The van der Waals surface area contributed by atoms with Gasteiger partial charge >= 0.3 is 0 Å². The third-order valence-corrected chi connectivity index (χ3v) is 7.20. The third kappa shape index (κ3) is 5.13. The zero-order valence-electron chi connectivity index (χ0n) is 18.4. The average molecular weight is 514 g/mol. The SMILES string of the molecule is CCCCC(CC)Cn1c(-c2ccc(Br)s2)nc2c(OCc3ccccc3)nc(N)nc21. The first kappa shape index (κ1) is 22.7. The maximum absolute atomic E-state index is 6.11. The van der Waals surface area contributed by atoms with Crippen LogP contribution in [0.3, 0.4) is 0 Å². The zero-order chi connectivity index (χ0) is 22.5. The first-order chi connectivity index (χ1) is 15.6. The van der Waals surface area contributed by atoms with Gasteiger partial charge in [0.1, 0.15) is 6.61 Å². The summed E-state index contributed by atoms with van der Waals surface area (Å²) in [5, 5.41) is 0. The van der Waals surface area contributed by atoms with Gasteiger partial charge in [0.2, 0.25) is 11.8 Å². The number of benzene rings is 1. The fraction of sp³-hybridized carbons (Fsp3) is 0.375. The number of nitrogens with two attached hydrogens (primary N) is 1. The quantitative estimate of drug-likeness (QED) is 0.255. The number of nitrogen functional groups attached to an aromatic ring is 1.